The zero-order chi connectivity index (χ0) is 29.8. The van der Waals surface area contributed by atoms with Gasteiger partial charge in [-0.1, -0.05) is 66.4 Å². The number of nitrogens with one attached hydrogen (secondary N) is 3. The molecule has 2 saturated heterocycles. The third kappa shape index (κ3) is 14.3. The van der Waals surface area contributed by atoms with Gasteiger partial charge >= 0.3 is 0 Å². The van der Waals surface area contributed by atoms with E-state index in [9.17, 15) is 19.2 Å². The quantitative estimate of drug-likeness (QED) is 0.205. The van der Waals surface area contributed by atoms with Crippen molar-refractivity contribution in [3.8, 4) is 0 Å². The molecule has 39 heavy (non-hydrogen) atoms. The molecule has 4 amide bonds. The van der Waals surface area contributed by atoms with E-state index < -0.39 is 29.8 Å². The van der Waals surface area contributed by atoms with E-state index in [1.807, 2.05) is 11.8 Å². The number of hydrogen-bond acceptors (Lipinski definition) is 7. The third-order valence-corrected chi connectivity index (χ3v) is 6.61. The van der Waals surface area contributed by atoms with Gasteiger partial charge in [0.1, 0.15) is 6.04 Å². The Bertz CT molecular complexity index is 761. The Morgan fingerprint density at radius 3 is 2.26 bits per heavy atom. The van der Waals surface area contributed by atoms with Crippen LogP contribution in [-0.2, 0) is 24.0 Å². The van der Waals surface area contributed by atoms with Crippen LogP contribution in [0.1, 0.15) is 91.9 Å². The number of aliphatic hydroxyl groups excluding tert-OH is 1. The molecule has 0 radical (unpaired) electrons. The van der Waals surface area contributed by atoms with Crippen molar-refractivity contribution < 1.29 is 29.1 Å². The summed E-state index contributed by atoms with van der Waals surface area (Å²) in [6, 6.07) is -1.88. The Morgan fingerprint density at radius 1 is 1.05 bits per heavy atom. The van der Waals surface area contributed by atoms with Crippen molar-refractivity contribution in [2.45, 2.75) is 110 Å². The van der Waals surface area contributed by atoms with Gasteiger partial charge in [0.05, 0.1) is 26.3 Å². The van der Waals surface area contributed by atoms with E-state index in [-0.39, 0.29) is 25.1 Å². The maximum absolute atomic E-state index is 12.4. The molecule has 11 nitrogen and oxygen atoms in total. The lowest BCUT2D eigenvalue weighted by Gasteiger charge is -2.38. The molecule has 0 spiro atoms. The molecular formula is C28H53N5O6. The largest absolute Gasteiger partial charge is 0.393 e. The number of carbonyl (C=O) groups excluding carboxylic acids is 4. The Hall–Kier alpha value is -2.66. The van der Waals surface area contributed by atoms with E-state index in [1.54, 1.807) is 0 Å². The fourth-order valence-corrected chi connectivity index (χ4v) is 3.82. The summed E-state index contributed by atoms with van der Waals surface area (Å²) < 4.78 is 0. The van der Waals surface area contributed by atoms with Crippen molar-refractivity contribution in [2.75, 3.05) is 33.8 Å². The van der Waals surface area contributed by atoms with Crippen LogP contribution in [0.4, 0.5) is 0 Å². The van der Waals surface area contributed by atoms with Gasteiger partial charge in [-0.05, 0) is 32.1 Å². The number of carbonyl (C=O) groups is 4. The van der Waals surface area contributed by atoms with Gasteiger partial charge in [-0.3, -0.25) is 24.0 Å². The Labute approximate surface area is 235 Å². The van der Waals surface area contributed by atoms with Crippen molar-refractivity contribution in [1.29, 1.82) is 0 Å². The lowest BCUT2D eigenvalue weighted by molar-refractivity contribution is -0.172. The lowest BCUT2D eigenvalue weighted by atomic mass is 10.0. The average Bonchev–Trinajstić information content (AvgIpc) is 2.96. The Balaban J connectivity index is 0.000000923. The van der Waals surface area contributed by atoms with Gasteiger partial charge < -0.3 is 26.0 Å². The smallest absolute Gasteiger partial charge is 0.278 e. The van der Waals surface area contributed by atoms with Gasteiger partial charge in [0.2, 0.25) is 11.8 Å². The molecule has 3 unspecified atom stereocenters. The van der Waals surface area contributed by atoms with Crippen LogP contribution in [-0.4, -0.2) is 90.7 Å². The van der Waals surface area contributed by atoms with Crippen LogP contribution in [0.3, 0.4) is 0 Å². The first-order chi connectivity index (χ1) is 18.6. The summed E-state index contributed by atoms with van der Waals surface area (Å²) in [7, 11) is 2.60. The maximum atomic E-state index is 12.4. The highest BCUT2D eigenvalue weighted by atomic mass is 16.7. The van der Waals surface area contributed by atoms with Gasteiger partial charge in [-0.25, -0.2) is 5.06 Å². The van der Waals surface area contributed by atoms with E-state index in [2.05, 4.69) is 43.3 Å². The maximum Gasteiger partial charge on any atom is 0.278 e. The second kappa shape index (κ2) is 21.2. The monoisotopic (exact) mass is 555 g/mol. The second-order valence-electron chi connectivity index (χ2n) is 9.78. The zero-order valence-electron chi connectivity index (χ0n) is 25.0. The molecule has 0 aromatic rings. The number of nitrogens with zero attached hydrogens (tertiary/aromatic N) is 2. The Kier molecular flexibility index (Phi) is 19.8. The summed E-state index contributed by atoms with van der Waals surface area (Å²) in [6.07, 6.45) is 10.7. The number of hydroxylamine groups is 2. The summed E-state index contributed by atoms with van der Waals surface area (Å²) in [4.78, 5) is 55.9. The van der Waals surface area contributed by atoms with Gasteiger partial charge in [-0.15, -0.1) is 0 Å². The number of aliphatic hydroxyl groups is 1. The minimum atomic E-state index is -1.46. The molecule has 2 fully saturated rings. The standard InChI is InChI=1S/C16H25N5O5.C8H18O.C4H10/c1-10-8-17-15(24)13(16(25)20(2)26-3)19-12(22)9-18-14(23)11-6-4-5-7-21(10)11;1-3-5-6-7-8(9)4-2;1-3-4-2/h11,13H,1,4-9H2,2-3H3,(H,17,24)(H,18,23)(H,19,22);8-9H,3-7H2,1-2H3;3-4H2,1-2H3. The molecule has 2 aliphatic heterocycles. The summed E-state index contributed by atoms with van der Waals surface area (Å²) in [5.74, 6) is -2.32. The number of fused-ring (bicyclic) bond motifs is 1. The third-order valence-electron chi connectivity index (χ3n) is 6.61. The fraction of sp³-hybridized carbons (Fsp3) is 0.786. The number of piperidine rings is 1. The summed E-state index contributed by atoms with van der Waals surface area (Å²) in [5, 5.41) is 17.4. The molecular weight excluding hydrogens is 502 g/mol. The van der Waals surface area contributed by atoms with Crippen molar-refractivity contribution >= 4 is 23.6 Å². The topological polar surface area (TPSA) is 140 Å². The molecule has 4 N–H and O–H groups in total. The predicted octanol–water partition coefficient (Wildman–Crippen LogP) is 2.25. The number of unbranched alkanes of at least 4 members (excludes halogenated alkanes) is 3. The summed E-state index contributed by atoms with van der Waals surface area (Å²) in [5.41, 5.74) is 0.580. The van der Waals surface area contributed by atoms with Crippen LogP contribution >= 0.6 is 0 Å². The first-order valence-corrected chi connectivity index (χ1v) is 14.4. The fourth-order valence-electron chi connectivity index (χ4n) is 3.82. The highest BCUT2D eigenvalue weighted by Crippen LogP contribution is 2.21. The van der Waals surface area contributed by atoms with Crippen LogP contribution in [0.25, 0.3) is 0 Å². The van der Waals surface area contributed by atoms with E-state index in [1.165, 1.54) is 46.3 Å². The molecule has 3 atom stereocenters. The Morgan fingerprint density at radius 2 is 1.69 bits per heavy atom. The predicted molar refractivity (Wildman–Crippen MR) is 152 cm³/mol. The molecule has 11 heteroatoms. The van der Waals surface area contributed by atoms with Crippen molar-refractivity contribution in [1.82, 2.24) is 25.9 Å². The molecule has 0 aliphatic carbocycles. The average molecular weight is 556 g/mol. The number of likely N-dealkylation sites (N-methyl/N-ethyl adjacent to an activating group) is 1. The molecule has 2 heterocycles. The minimum Gasteiger partial charge on any atom is -0.393 e. The van der Waals surface area contributed by atoms with Gasteiger partial charge in [-0.2, -0.15) is 0 Å². The highest BCUT2D eigenvalue weighted by molar-refractivity contribution is 6.07. The van der Waals surface area contributed by atoms with Crippen LogP contribution in [0, 0.1) is 0 Å². The van der Waals surface area contributed by atoms with Gasteiger partial charge in [0.25, 0.3) is 11.8 Å². The number of rotatable bonds is 8. The summed E-state index contributed by atoms with van der Waals surface area (Å²) >= 11 is 0. The second-order valence-corrected chi connectivity index (χ2v) is 9.78. The number of hydrogen-bond donors (Lipinski definition) is 4. The van der Waals surface area contributed by atoms with Crippen LogP contribution in [0.15, 0.2) is 12.3 Å². The molecule has 0 aromatic carbocycles. The molecule has 226 valence electrons. The van der Waals surface area contributed by atoms with Gasteiger partial charge in [0.15, 0.2) is 6.04 Å². The SMILES string of the molecule is C=C1CNC(=O)C(C(=O)N(C)OC)NC(=O)CNC(=O)C2CCCCN12.CCCC.CCCCCC(O)CC. The normalized spacial score (nSPS) is 20.6. The lowest BCUT2D eigenvalue weighted by Crippen LogP contribution is -2.59. The summed E-state index contributed by atoms with van der Waals surface area (Å²) in [6.45, 7) is 12.9. The van der Waals surface area contributed by atoms with E-state index >= 15 is 0 Å². The number of amides is 4. The zero-order valence-corrected chi connectivity index (χ0v) is 25.0. The molecule has 0 aromatic heterocycles. The van der Waals surface area contributed by atoms with Crippen LogP contribution in [0.5, 0.6) is 0 Å². The van der Waals surface area contributed by atoms with Gasteiger partial charge in [0, 0.05) is 19.3 Å². The van der Waals surface area contributed by atoms with E-state index in [0.29, 0.717) is 18.7 Å². The molecule has 0 bridgehead atoms. The van der Waals surface area contributed by atoms with Crippen LogP contribution < -0.4 is 16.0 Å². The first kappa shape index (κ1) is 36.3. The van der Waals surface area contributed by atoms with Crippen molar-refractivity contribution in [3.05, 3.63) is 12.3 Å². The molecule has 2 aliphatic rings. The minimum absolute atomic E-state index is 0.0449. The van der Waals surface area contributed by atoms with Crippen molar-refractivity contribution in [3.63, 3.8) is 0 Å². The molecule has 2 rings (SSSR count). The van der Waals surface area contributed by atoms with Crippen molar-refractivity contribution in [2.24, 2.45) is 0 Å². The molecule has 0 saturated carbocycles. The van der Waals surface area contributed by atoms with Crippen LogP contribution in [0.2, 0.25) is 0 Å². The van der Waals surface area contributed by atoms with E-state index in [4.69, 9.17) is 9.94 Å². The first-order valence-electron chi connectivity index (χ1n) is 14.4. The highest BCUT2D eigenvalue weighted by Gasteiger charge is 2.34. The van der Waals surface area contributed by atoms with E-state index in [0.717, 1.165) is 30.7 Å².